The van der Waals surface area contributed by atoms with Crippen LogP contribution in [0.5, 0.6) is 11.5 Å². The smallest absolute Gasteiger partial charge is 0.411 e. The second kappa shape index (κ2) is 15.4. The van der Waals surface area contributed by atoms with Crippen LogP contribution in [0.25, 0.3) is 11.1 Å². The number of phenols is 1. The number of piperidine rings is 1. The molecular weight excluding hydrogens is 662 g/mol. The van der Waals surface area contributed by atoms with Gasteiger partial charge in [0.05, 0.1) is 11.8 Å². The molecule has 1 saturated heterocycles. The third-order valence-electron chi connectivity index (χ3n) is 10.0. The van der Waals surface area contributed by atoms with Gasteiger partial charge in [0.25, 0.3) is 11.8 Å². The molecule has 270 valence electrons. The van der Waals surface area contributed by atoms with Crippen molar-refractivity contribution < 1.29 is 34.1 Å². The molecule has 3 amide bonds. The highest BCUT2D eigenvalue weighted by Gasteiger charge is 2.30. The van der Waals surface area contributed by atoms with Crippen LogP contribution < -0.4 is 20.7 Å². The van der Waals surface area contributed by atoms with Crippen molar-refractivity contribution in [2.75, 3.05) is 50.0 Å². The van der Waals surface area contributed by atoms with Gasteiger partial charge in [0.1, 0.15) is 17.5 Å². The van der Waals surface area contributed by atoms with Crippen LogP contribution in [-0.4, -0.2) is 83.4 Å². The number of amides is 3. The van der Waals surface area contributed by atoms with Gasteiger partial charge in [0, 0.05) is 62.0 Å². The Morgan fingerprint density at radius 3 is 2.56 bits per heavy atom. The summed E-state index contributed by atoms with van der Waals surface area (Å²) in [6.45, 7) is 5.43. The number of aliphatic hydroxyl groups is 1. The van der Waals surface area contributed by atoms with Gasteiger partial charge in [-0.15, -0.1) is 0 Å². The van der Waals surface area contributed by atoms with Gasteiger partial charge in [-0.3, -0.25) is 14.9 Å². The fourth-order valence-electron chi connectivity index (χ4n) is 7.07. The molecule has 0 saturated carbocycles. The van der Waals surface area contributed by atoms with Gasteiger partial charge < -0.3 is 40.1 Å². The fourth-order valence-corrected chi connectivity index (χ4v) is 7.07. The Hall–Kier alpha value is -5.43. The summed E-state index contributed by atoms with van der Waals surface area (Å²) in [4.78, 5) is 42.0. The molecule has 2 atom stereocenters. The van der Waals surface area contributed by atoms with E-state index in [1.54, 1.807) is 6.07 Å². The molecule has 52 heavy (non-hydrogen) atoms. The zero-order valence-electron chi connectivity index (χ0n) is 29.0. The summed E-state index contributed by atoms with van der Waals surface area (Å²) in [5, 5.41) is 30.0. The zero-order chi connectivity index (χ0) is 36.2. The van der Waals surface area contributed by atoms with Crippen LogP contribution in [0.2, 0.25) is 0 Å². The van der Waals surface area contributed by atoms with Crippen LogP contribution in [0.4, 0.5) is 16.2 Å². The van der Waals surface area contributed by atoms with Crippen molar-refractivity contribution in [1.82, 2.24) is 15.1 Å². The van der Waals surface area contributed by atoms with E-state index in [0.29, 0.717) is 29.9 Å². The van der Waals surface area contributed by atoms with Crippen molar-refractivity contribution in [3.63, 3.8) is 0 Å². The normalized spacial score (nSPS) is 17.1. The number of aromatic hydroxyl groups is 1. The lowest BCUT2D eigenvalue weighted by molar-refractivity contribution is -0.118. The number of para-hydroxylation sites is 1. The fraction of sp³-hybridized carbons (Fsp3) is 0.325. The average Bonchev–Trinajstić information content (AvgIpc) is 3.48. The van der Waals surface area contributed by atoms with E-state index in [9.17, 15) is 24.6 Å². The molecule has 0 spiro atoms. The van der Waals surface area contributed by atoms with Crippen molar-refractivity contribution in [2.24, 2.45) is 0 Å². The number of rotatable bonds is 11. The Labute approximate surface area is 302 Å². The molecule has 7 rings (SSSR count). The van der Waals surface area contributed by atoms with Crippen molar-refractivity contribution in [1.29, 1.82) is 0 Å². The number of hydrogen-bond donors (Lipinski definition) is 5. The second-order valence-electron chi connectivity index (χ2n) is 13.5. The largest absolute Gasteiger partial charge is 0.506 e. The number of carbonyl (C=O) groups is 3. The SMILES string of the molecule is CC(NC[C@H](O)c1ccc(O)c2c1OCC(=O)N2)c1ccc2c(c1)CN(CCN1CCC(OC(=O)Nc3ccccc3-c3ccccc3)CC1)C2=O. The number of aliphatic hydroxyl groups excluding tert-OH is 1. The lowest BCUT2D eigenvalue weighted by Gasteiger charge is -2.32. The van der Waals surface area contributed by atoms with Gasteiger partial charge in [-0.1, -0.05) is 60.7 Å². The first-order valence-corrected chi connectivity index (χ1v) is 17.7. The summed E-state index contributed by atoms with van der Waals surface area (Å²) >= 11 is 0. The highest BCUT2D eigenvalue weighted by molar-refractivity contribution is 5.99. The van der Waals surface area contributed by atoms with Gasteiger partial charge in [0.15, 0.2) is 12.4 Å². The van der Waals surface area contributed by atoms with Crippen molar-refractivity contribution in [3.05, 3.63) is 107 Å². The number of anilines is 2. The molecular formula is C40H43N5O7. The summed E-state index contributed by atoms with van der Waals surface area (Å²) in [5.74, 6) is -0.211. The number of benzene rings is 4. The van der Waals surface area contributed by atoms with Crippen LogP contribution in [0.15, 0.2) is 84.9 Å². The first kappa shape index (κ1) is 35.0. The van der Waals surface area contributed by atoms with E-state index >= 15 is 0 Å². The number of ether oxygens (including phenoxy) is 2. The van der Waals surface area contributed by atoms with Gasteiger partial charge in [-0.05, 0) is 60.7 Å². The molecule has 0 aromatic heterocycles. The number of fused-ring (bicyclic) bond motifs is 2. The van der Waals surface area contributed by atoms with Crippen LogP contribution in [0, 0.1) is 0 Å². The number of likely N-dealkylation sites (tertiary alicyclic amines) is 1. The van der Waals surface area contributed by atoms with Gasteiger partial charge in [-0.2, -0.15) is 0 Å². The van der Waals surface area contributed by atoms with Crippen LogP contribution >= 0.6 is 0 Å². The molecule has 1 unspecified atom stereocenters. The van der Waals surface area contributed by atoms with E-state index in [2.05, 4.69) is 20.9 Å². The van der Waals surface area contributed by atoms with Crippen molar-refractivity contribution >= 4 is 29.3 Å². The first-order chi connectivity index (χ1) is 25.2. The van der Waals surface area contributed by atoms with Crippen LogP contribution in [-0.2, 0) is 16.1 Å². The van der Waals surface area contributed by atoms with E-state index in [-0.39, 0.29) is 54.3 Å². The predicted octanol–water partition coefficient (Wildman–Crippen LogP) is 5.44. The Morgan fingerprint density at radius 1 is 0.981 bits per heavy atom. The number of phenolic OH excluding ortho intramolecular Hbond substituents is 1. The molecule has 3 heterocycles. The van der Waals surface area contributed by atoms with Crippen molar-refractivity contribution in [2.45, 2.75) is 44.6 Å². The number of nitrogens with zero attached hydrogens (tertiary/aromatic N) is 2. The molecule has 3 aliphatic heterocycles. The molecule has 3 aliphatic rings. The molecule has 12 nitrogen and oxygen atoms in total. The van der Waals surface area contributed by atoms with E-state index in [1.807, 2.05) is 84.6 Å². The molecule has 4 aromatic rings. The average molecular weight is 706 g/mol. The molecule has 12 heteroatoms. The van der Waals surface area contributed by atoms with Gasteiger partial charge >= 0.3 is 6.09 Å². The summed E-state index contributed by atoms with van der Waals surface area (Å²) in [7, 11) is 0. The van der Waals surface area contributed by atoms with Crippen LogP contribution in [0.1, 0.15) is 59.0 Å². The number of nitrogens with one attached hydrogen (secondary N) is 3. The van der Waals surface area contributed by atoms with E-state index in [0.717, 1.165) is 54.7 Å². The molecule has 0 radical (unpaired) electrons. The van der Waals surface area contributed by atoms with Crippen LogP contribution in [0.3, 0.4) is 0 Å². The summed E-state index contributed by atoms with van der Waals surface area (Å²) in [5.41, 5.74) is 5.96. The predicted molar refractivity (Wildman–Crippen MR) is 196 cm³/mol. The zero-order valence-corrected chi connectivity index (χ0v) is 29.0. The third kappa shape index (κ3) is 7.74. The topological polar surface area (TPSA) is 153 Å². The molecule has 4 aromatic carbocycles. The molecule has 0 bridgehead atoms. The minimum Gasteiger partial charge on any atom is -0.506 e. The third-order valence-corrected chi connectivity index (χ3v) is 10.0. The summed E-state index contributed by atoms with van der Waals surface area (Å²) in [6.07, 6.45) is -0.123. The first-order valence-electron chi connectivity index (χ1n) is 17.7. The summed E-state index contributed by atoms with van der Waals surface area (Å²) in [6, 6.07) is 26.3. The van der Waals surface area contributed by atoms with E-state index < -0.39 is 12.2 Å². The summed E-state index contributed by atoms with van der Waals surface area (Å²) < 4.78 is 11.3. The Bertz CT molecular complexity index is 1950. The van der Waals surface area contributed by atoms with Crippen molar-refractivity contribution in [3.8, 4) is 22.6 Å². The lowest BCUT2D eigenvalue weighted by Crippen LogP contribution is -2.42. The van der Waals surface area contributed by atoms with Gasteiger partial charge in [0.2, 0.25) is 0 Å². The molecule has 1 fully saturated rings. The number of carbonyl (C=O) groups excluding carboxylic acids is 3. The maximum Gasteiger partial charge on any atom is 0.411 e. The Balaban J connectivity index is 0.861. The highest BCUT2D eigenvalue weighted by atomic mass is 16.6. The lowest BCUT2D eigenvalue weighted by atomic mass is 10.0. The molecule has 5 N–H and O–H groups in total. The Morgan fingerprint density at radius 2 is 1.75 bits per heavy atom. The highest BCUT2D eigenvalue weighted by Crippen LogP contribution is 2.41. The monoisotopic (exact) mass is 705 g/mol. The number of hydrogen-bond acceptors (Lipinski definition) is 9. The minimum atomic E-state index is -0.950. The maximum absolute atomic E-state index is 13.3. The minimum absolute atomic E-state index is 0.0208. The Kier molecular flexibility index (Phi) is 10.4. The van der Waals surface area contributed by atoms with Gasteiger partial charge in [-0.25, -0.2) is 4.79 Å². The van der Waals surface area contributed by atoms with E-state index in [4.69, 9.17) is 9.47 Å². The maximum atomic E-state index is 13.3. The second-order valence-corrected chi connectivity index (χ2v) is 13.5. The quantitative estimate of drug-likeness (QED) is 0.128. The molecule has 0 aliphatic carbocycles. The van der Waals surface area contributed by atoms with E-state index in [1.165, 1.54) is 6.07 Å². The standard InChI is InChI=1S/C40H43N5O7/c1-25(41-22-35(47)32-13-14-34(46)37-38(32)51-24-36(48)43-37)27-11-12-31-28(21-27)23-45(39(31)49)20-19-44-17-15-29(16-18-44)52-40(50)42-33-10-6-5-9-30(33)26-7-3-2-4-8-26/h2-14,21,25,29,35,41,46-47H,15-20,22-24H2,1H3,(H,42,50)(H,43,48)/t25?,35-/m0/s1.